The number of carbonyl (C=O) groups is 1. The molecule has 5 nitrogen and oxygen atoms in total. The summed E-state index contributed by atoms with van der Waals surface area (Å²) < 4.78 is 0. The summed E-state index contributed by atoms with van der Waals surface area (Å²) in [4.78, 5) is 19.5. The lowest BCUT2D eigenvalue weighted by atomic mass is 10.2. The van der Waals surface area contributed by atoms with Gasteiger partial charge in [-0.1, -0.05) is 13.8 Å². The second-order valence-electron chi connectivity index (χ2n) is 4.85. The first-order valence-corrected chi connectivity index (χ1v) is 7.74. The van der Waals surface area contributed by atoms with Gasteiger partial charge in [-0.2, -0.15) is 0 Å². The summed E-state index contributed by atoms with van der Waals surface area (Å²) in [7, 11) is 0. The largest absolute Gasteiger partial charge is 0.303 e. The molecule has 0 bridgehead atoms. The molecule has 0 atom stereocenters. The van der Waals surface area contributed by atoms with Gasteiger partial charge in [-0.25, -0.2) is 10.8 Å². The molecule has 0 aliphatic heterocycles. The van der Waals surface area contributed by atoms with E-state index >= 15 is 0 Å². The van der Waals surface area contributed by atoms with Crippen LogP contribution < -0.4 is 11.3 Å². The number of hydrazine groups is 1. The summed E-state index contributed by atoms with van der Waals surface area (Å²) in [6, 6.07) is 0. The predicted molar refractivity (Wildman–Crippen MR) is 77.2 cm³/mol. The maximum atomic E-state index is 11.8. The molecule has 1 fully saturated rings. The van der Waals surface area contributed by atoms with Gasteiger partial charge in [0.15, 0.2) is 0 Å². The van der Waals surface area contributed by atoms with Crippen LogP contribution in [0.2, 0.25) is 0 Å². The highest BCUT2D eigenvalue weighted by molar-refractivity contribution is 7.13. The Hall–Kier alpha value is -0.980. The number of likely N-dealkylation sites (N-methyl/N-ethyl adjacent to an activating group) is 1. The monoisotopic (exact) mass is 282 g/mol. The summed E-state index contributed by atoms with van der Waals surface area (Å²) in [5.74, 6) is 5.52. The minimum Gasteiger partial charge on any atom is -0.303 e. The Balaban J connectivity index is 2.07. The lowest BCUT2D eigenvalue weighted by Crippen LogP contribution is -2.30. The van der Waals surface area contributed by atoms with E-state index in [1.165, 1.54) is 11.3 Å². The second-order valence-corrected chi connectivity index (χ2v) is 5.93. The number of hydrogen-bond donors (Lipinski definition) is 2. The molecule has 0 aromatic carbocycles. The van der Waals surface area contributed by atoms with E-state index in [4.69, 9.17) is 5.84 Å². The first-order chi connectivity index (χ1) is 9.19. The maximum Gasteiger partial charge on any atom is 0.277 e. The van der Waals surface area contributed by atoms with Crippen LogP contribution in [0.5, 0.6) is 0 Å². The molecule has 106 valence electrons. The van der Waals surface area contributed by atoms with E-state index in [0.29, 0.717) is 10.8 Å². The van der Waals surface area contributed by atoms with Crippen LogP contribution in [0, 0.1) is 0 Å². The first-order valence-electron chi connectivity index (χ1n) is 6.92. The normalized spacial score (nSPS) is 14.9. The Bertz CT molecular complexity index is 438. The van der Waals surface area contributed by atoms with Crippen LogP contribution in [0.3, 0.4) is 0 Å². The van der Waals surface area contributed by atoms with Gasteiger partial charge in [0.1, 0.15) is 4.88 Å². The van der Waals surface area contributed by atoms with Crippen molar-refractivity contribution in [2.24, 2.45) is 5.84 Å². The minimum atomic E-state index is -0.200. The molecule has 0 saturated heterocycles. The molecular weight excluding hydrogens is 260 g/mol. The van der Waals surface area contributed by atoms with E-state index in [2.05, 4.69) is 29.2 Å². The zero-order chi connectivity index (χ0) is 13.8. The number of carbonyl (C=O) groups excluding carboxylic acids is 1. The van der Waals surface area contributed by atoms with Gasteiger partial charge in [-0.15, -0.1) is 11.3 Å². The zero-order valence-corrected chi connectivity index (χ0v) is 12.4. The van der Waals surface area contributed by atoms with Gasteiger partial charge in [0.25, 0.3) is 5.91 Å². The van der Waals surface area contributed by atoms with Crippen molar-refractivity contribution in [3.8, 4) is 0 Å². The van der Waals surface area contributed by atoms with Crippen molar-refractivity contribution in [3.05, 3.63) is 15.6 Å². The molecule has 19 heavy (non-hydrogen) atoms. The highest BCUT2D eigenvalue weighted by Crippen LogP contribution is 2.42. The Kier molecular flexibility index (Phi) is 4.90. The number of nitrogens with zero attached hydrogens (tertiary/aromatic N) is 2. The van der Waals surface area contributed by atoms with E-state index in [1.54, 1.807) is 0 Å². The van der Waals surface area contributed by atoms with Crippen molar-refractivity contribution >= 4 is 17.2 Å². The molecule has 0 radical (unpaired) electrons. The fourth-order valence-corrected chi connectivity index (χ4v) is 3.18. The summed E-state index contributed by atoms with van der Waals surface area (Å²) in [5, 5.41) is 1.05. The molecule has 1 saturated carbocycles. The van der Waals surface area contributed by atoms with E-state index in [0.717, 1.165) is 49.6 Å². The van der Waals surface area contributed by atoms with E-state index in [1.807, 2.05) is 0 Å². The fraction of sp³-hybridized carbons (Fsp3) is 0.692. The van der Waals surface area contributed by atoms with Crippen molar-refractivity contribution in [2.75, 3.05) is 19.6 Å². The lowest BCUT2D eigenvalue weighted by molar-refractivity contribution is 0.0956. The Labute approximate surface area is 118 Å². The molecule has 0 spiro atoms. The molecule has 3 N–H and O–H groups in total. The van der Waals surface area contributed by atoms with Crippen LogP contribution in [0.15, 0.2) is 0 Å². The number of aromatic nitrogens is 1. The second kappa shape index (κ2) is 6.45. The maximum absolute atomic E-state index is 11.8. The molecule has 1 amide bonds. The molecule has 1 heterocycles. The van der Waals surface area contributed by atoms with E-state index < -0.39 is 0 Å². The molecule has 1 aromatic rings. The third-order valence-electron chi connectivity index (χ3n) is 3.54. The Morgan fingerprint density at radius 3 is 2.68 bits per heavy atom. The number of hydrogen-bond acceptors (Lipinski definition) is 5. The number of nitrogen functional groups attached to an aromatic ring is 1. The van der Waals surface area contributed by atoms with Crippen LogP contribution in [-0.4, -0.2) is 35.4 Å². The van der Waals surface area contributed by atoms with Crippen LogP contribution in [0.25, 0.3) is 0 Å². The standard InChI is InChI=1S/C13H22N4OS/c1-3-17(4-2)8-7-10-15-11(9-5-6-9)12(19-10)13(18)16-14/h9H,3-8,14H2,1-2H3,(H,16,18). The molecule has 1 aliphatic carbocycles. The number of rotatable bonds is 7. The van der Waals surface area contributed by atoms with Gasteiger partial charge in [0.05, 0.1) is 10.7 Å². The Morgan fingerprint density at radius 1 is 1.47 bits per heavy atom. The first kappa shape index (κ1) is 14.4. The van der Waals surface area contributed by atoms with Gasteiger partial charge in [0, 0.05) is 18.9 Å². The molecule has 2 rings (SSSR count). The number of nitrogens with two attached hydrogens (primary N) is 1. The van der Waals surface area contributed by atoms with Crippen molar-refractivity contribution in [3.63, 3.8) is 0 Å². The van der Waals surface area contributed by atoms with Crippen LogP contribution >= 0.6 is 11.3 Å². The lowest BCUT2D eigenvalue weighted by Gasteiger charge is -2.16. The van der Waals surface area contributed by atoms with Gasteiger partial charge >= 0.3 is 0 Å². The molecule has 6 heteroatoms. The Morgan fingerprint density at radius 2 is 2.16 bits per heavy atom. The molecule has 0 unspecified atom stereocenters. The SMILES string of the molecule is CCN(CC)CCc1nc(C2CC2)c(C(=O)NN)s1. The summed E-state index contributed by atoms with van der Waals surface area (Å²) in [5.41, 5.74) is 3.19. The molecule has 1 aromatic heterocycles. The zero-order valence-electron chi connectivity index (χ0n) is 11.6. The average Bonchev–Trinajstić information content (AvgIpc) is 3.19. The van der Waals surface area contributed by atoms with Gasteiger partial charge in [-0.05, 0) is 25.9 Å². The van der Waals surface area contributed by atoms with Crippen molar-refractivity contribution in [1.82, 2.24) is 15.3 Å². The highest BCUT2D eigenvalue weighted by atomic mass is 32.1. The summed E-state index contributed by atoms with van der Waals surface area (Å²) in [6.07, 6.45) is 3.19. The fourth-order valence-electron chi connectivity index (χ4n) is 2.14. The predicted octanol–water partition coefficient (Wildman–Crippen LogP) is 1.51. The van der Waals surface area contributed by atoms with E-state index in [-0.39, 0.29) is 5.91 Å². The number of thiazole rings is 1. The van der Waals surface area contributed by atoms with Crippen LogP contribution in [0.1, 0.15) is 53.0 Å². The third-order valence-corrected chi connectivity index (χ3v) is 4.67. The van der Waals surface area contributed by atoms with Crippen molar-refractivity contribution in [1.29, 1.82) is 0 Å². The number of nitrogens with one attached hydrogen (secondary N) is 1. The molecule has 1 aliphatic rings. The van der Waals surface area contributed by atoms with Gasteiger partial charge in [0.2, 0.25) is 0 Å². The van der Waals surface area contributed by atoms with E-state index in [9.17, 15) is 4.79 Å². The average molecular weight is 282 g/mol. The summed E-state index contributed by atoms with van der Waals surface area (Å²) in [6.45, 7) is 7.41. The van der Waals surface area contributed by atoms with Crippen LogP contribution in [-0.2, 0) is 6.42 Å². The van der Waals surface area contributed by atoms with Crippen molar-refractivity contribution < 1.29 is 4.79 Å². The van der Waals surface area contributed by atoms with Gasteiger partial charge < -0.3 is 4.90 Å². The highest BCUT2D eigenvalue weighted by Gasteiger charge is 2.31. The third kappa shape index (κ3) is 3.52. The quantitative estimate of drug-likeness (QED) is 0.452. The minimum absolute atomic E-state index is 0.200. The van der Waals surface area contributed by atoms with Gasteiger partial charge in [-0.3, -0.25) is 10.2 Å². The topological polar surface area (TPSA) is 71.2 Å². The molecular formula is C13H22N4OS. The number of amides is 1. The van der Waals surface area contributed by atoms with Crippen LogP contribution in [0.4, 0.5) is 0 Å². The smallest absolute Gasteiger partial charge is 0.277 e. The summed E-state index contributed by atoms with van der Waals surface area (Å²) >= 11 is 1.49. The van der Waals surface area contributed by atoms with Crippen molar-refractivity contribution in [2.45, 2.75) is 39.0 Å².